The van der Waals surface area contributed by atoms with E-state index in [9.17, 15) is 9.59 Å². The minimum Gasteiger partial charge on any atom is -0.493 e. The van der Waals surface area contributed by atoms with Crippen LogP contribution in [0.25, 0.3) is 17.0 Å². The number of furan rings is 1. The van der Waals surface area contributed by atoms with E-state index >= 15 is 0 Å². The van der Waals surface area contributed by atoms with E-state index in [1.807, 2.05) is 6.92 Å². The largest absolute Gasteiger partial charge is 0.493 e. The zero-order chi connectivity index (χ0) is 20.8. The van der Waals surface area contributed by atoms with E-state index < -0.39 is 0 Å². The molecule has 1 amide bonds. The number of fused-ring (bicyclic) bond motifs is 1. The van der Waals surface area contributed by atoms with Crippen molar-refractivity contribution in [3.8, 4) is 5.75 Å². The first-order valence-electron chi connectivity index (χ1n) is 9.03. The van der Waals surface area contributed by atoms with Gasteiger partial charge in [0, 0.05) is 28.2 Å². The third-order valence-electron chi connectivity index (χ3n) is 4.01. The van der Waals surface area contributed by atoms with Crippen molar-refractivity contribution in [3.05, 3.63) is 64.9 Å². The van der Waals surface area contributed by atoms with Gasteiger partial charge in [-0.15, -0.1) is 0 Å². The van der Waals surface area contributed by atoms with Gasteiger partial charge >= 0.3 is 5.97 Å². The van der Waals surface area contributed by atoms with Gasteiger partial charge in [0.15, 0.2) is 11.3 Å². The molecule has 0 aliphatic heterocycles. The lowest BCUT2D eigenvalue weighted by Gasteiger charge is -2.05. The number of anilines is 1. The number of esters is 1. The number of benzene rings is 2. The summed E-state index contributed by atoms with van der Waals surface area (Å²) >= 11 is 6.05. The van der Waals surface area contributed by atoms with Gasteiger partial charge in [0.25, 0.3) is 0 Å². The van der Waals surface area contributed by atoms with Gasteiger partial charge in [-0.05, 0) is 48.9 Å². The first kappa shape index (κ1) is 20.5. The van der Waals surface area contributed by atoms with Gasteiger partial charge in [-0.1, -0.05) is 18.5 Å². The van der Waals surface area contributed by atoms with Crippen LogP contribution >= 0.6 is 11.6 Å². The van der Waals surface area contributed by atoms with E-state index in [0.717, 1.165) is 11.8 Å². The molecule has 0 radical (unpaired) electrons. The van der Waals surface area contributed by atoms with Gasteiger partial charge in [0.2, 0.25) is 5.91 Å². The van der Waals surface area contributed by atoms with E-state index in [1.165, 1.54) is 13.2 Å². The number of methoxy groups -OCH3 is 1. The fourth-order valence-corrected chi connectivity index (χ4v) is 2.87. The molecule has 0 atom stereocenters. The molecule has 0 bridgehead atoms. The fourth-order valence-electron chi connectivity index (χ4n) is 2.65. The number of carbonyl (C=O) groups is 2. The average Bonchev–Trinajstić information content (AvgIpc) is 3.13. The highest BCUT2D eigenvalue weighted by molar-refractivity contribution is 6.31. The molecule has 0 saturated heterocycles. The first-order chi connectivity index (χ1) is 14.0. The Balaban J connectivity index is 1.65. The minimum atomic E-state index is -0.384. The van der Waals surface area contributed by atoms with Crippen LogP contribution in [0.1, 0.15) is 29.5 Å². The zero-order valence-electron chi connectivity index (χ0n) is 16.0. The number of hydrogen-bond acceptors (Lipinski definition) is 5. The Morgan fingerprint density at radius 3 is 2.62 bits per heavy atom. The molecule has 0 saturated carbocycles. The molecule has 0 spiro atoms. The number of hydrogen-bond donors (Lipinski definition) is 1. The van der Waals surface area contributed by atoms with Crippen LogP contribution in [0, 0.1) is 0 Å². The lowest BCUT2D eigenvalue weighted by molar-refractivity contribution is -0.111. The molecule has 1 N–H and O–H groups in total. The van der Waals surface area contributed by atoms with Crippen molar-refractivity contribution in [1.82, 2.24) is 0 Å². The van der Waals surface area contributed by atoms with E-state index in [2.05, 4.69) is 5.32 Å². The molecule has 150 valence electrons. The normalized spacial score (nSPS) is 11.0. The minimum absolute atomic E-state index is 0.336. The van der Waals surface area contributed by atoms with Crippen molar-refractivity contribution < 1.29 is 23.5 Å². The monoisotopic (exact) mass is 413 g/mol. The van der Waals surface area contributed by atoms with E-state index in [-0.39, 0.29) is 11.9 Å². The van der Waals surface area contributed by atoms with Crippen LogP contribution in [0.2, 0.25) is 5.02 Å². The summed E-state index contributed by atoms with van der Waals surface area (Å²) in [5.74, 6) is 0.292. The lowest BCUT2D eigenvalue weighted by Crippen LogP contribution is -2.09. The number of ether oxygens (including phenoxy) is 2. The second-order valence-electron chi connectivity index (χ2n) is 6.21. The molecule has 0 aliphatic carbocycles. The van der Waals surface area contributed by atoms with Gasteiger partial charge in [-0.3, -0.25) is 4.79 Å². The Hall–Kier alpha value is -3.25. The van der Waals surface area contributed by atoms with Gasteiger partial charge in [-0.2, -0.15) is 0 Å². The smallest absolute Gasteiger partial charge is 0.338 e. The summed E-state index contributed by atoms with van der Waals surface area (Å²) in [7, 11) is 1.53. The molecule has 0 unspecified atom stereocenters. The van der Waals surface area contributed by atoms with Crippen molar-refractivity contribution in [1.29, 1.82) is 0 Å². The number of amides is 1. The molecular formula is C22H20ClNO5. The van der Waals surface area contributed by atoms with Gasteiger partial charge in [0.1, 0.15) is 5.76 Å². The van der Waals surface area contributed by atoms with Crippen LogP contribution in [0.3, 0.4) is 0 Å². The second-order valence-corrected chi connectivity index (χ2v) is 6.65. The fraction of sp³-hybridized carbons (Fsp3) is 0.182. The Kier molecular flexibility index (Phi) is 6.57. The zero-order valence-corrected chi connectivity index (χ0v) is 16.8. The Morgan fingerprint density at radius 1 is 1.17 bits per heavy atom. The van der Waals surface area contributed by atoms with Gasteiger partial charge < -0.3 is 19.2 Å². The molecule has 0 fully saturated rings. The maximum Gasteiger partial charge on any atom is 0.338 e. The molecule has 0 aliphatic rings. The molecule has 7 heteroatoms. The summed E-state index contributed by atoms with van der Waals surface area (Å²) in [5.41, 5.74) is 1.55. The van der Waals surface area contributed by atoms with E-state index in [0.29, 0.717) is 40.0 Å². The highest BCUT2D eigenvalue weighted by Crippen LogP contribution is 2.32. The van der Waals surface area contributed by atoms with Crippen molar-refractivity contribution >= 4 is 46.2 Å². The molecule has 6 nitrogen and oxygen atoms in total. The highest BCUT2D eigenvalue weighted by Gasteiger charge is 2.10. The molecule has 3 aromatic rings. The number of halogens is 1. The van der Waals surface area contributed by atoms with E-state index in [1.54, 1.807) is 48.5 Å². The summed E-state index contributed by atoms with van der Waals surface area (Å²) < 4.78 is 16.0. The highest BCUT2D eigenvalue weighted by atomic mass is 35.5. The van der Waals surface area contributed by atoms with E-state index in [4.69, 9.17) is 25.5 Å². The van der Waals surface area contributed by atoms with Gasteiger partial charge in [0.05, 0.1) is 19.3 Å². The SMILES string of the molecule is CCCOC(=O)c1ccc(NC(=O)C=Cc2cc3cc(Cl)cc(OC)c3o2)cc1. The molecule has 1 heterocycles. The van der Waals surface area contributed by atoms with Crippen molar-refractivity contribution in [3.63, 3.8) is 0 Å². The quantitative estimate of drug-likeness (QED) is 0.419. The molecule has 3 rings (SSSR count). The first-order valence-corrected chi connectivity index (χ1v) is 9.41. The molecular weight excluding hydrogens is 394 g/mol. The molecule has 1 aromatic heterocycles. The van der Waals surface area contributed by atoms with Crippen molar-refractivity contribution in [2.45, 2.75) is 13.3 Å². The number of nitrogens with one attached hydrogen (secondary N) is 1. The standard InChI is InChI=1S/C22H20ClNO5/c1-3-10-28-22(26)14-4-6-17(7-5-14)24-20(25)9-8-18-12-15-11-16(23)13-19(27-2)21(15)29-18/h4-9,11-13H,3,10H2,1-2H3,(H,24,25). The van der Waals surface area contributed by atoms with Crippen LogP contribution in [-0.2, 0) is 9.53 Å². The lowest BCUT2D eigenvalue weighted by atomic mass is 10.2. The summed E-state index contributed by atoms with van der Waals surface area (Å²) in [6, 6.07) is 11.7. The van der Waals surface area contributed by atoms with Crippen LogP contribution in [-0.4, -0.2) is 25.6 Å². The molecule has 29 heavy (non-hydrogen) atoms. The average molecular weight is 414 g/mol. The topological polar surface area (TPSA) is 77.8 Å². The third kappa shape index (κ3) is 5.18. The summed E-state index contributed by atoms with van der Waals surface area (Å²) in [6.45, 7) is 2.30. The van der Waals surface area contributed by atoms with Crippen LogP contribution in [0.4, 0.5) is 5.69 Å². The summed E-state index contributed by atoms with van der Waals surface area (Å²) in [4.78, 5) is 24.0. The maximum absolute atomic E-state index is 12.2. The van der Waals surface area contributed by atoms with Gasteiger partial charge in [-0.25, -0.2) is 4.79 Å². The Labute approximate surface area is 173 Å². The predicted octanol–water partition coefficient (Wildman–Crippen LogP) is 5.31. The summed E-state index contributed by atoms with van der Waals surface area (Å²) in [5, 5.41) is 4.03. The summed E-state index contributed by atoms with van der Waals surface area (Å²) in [6.07, 6.45) is 3.67. The number of rotatable bonds is 7. The molecule has 2 aromatic carbocycles. The Morgan fingerprint density at radius 2 is 1.93 bits per heavy atom. The Bertz CT molecular complexity index is 1050. The van der Waals surface area contributed by atoms with Crippen LogP contribution in [0.5, 0.6) is 5.75 Å². The predicted molar refractivity (Wildman–Crippen MR) is 112 cm³/mol. The number of carbonyl (C=O) groups excluding carboxylic acids is 2. The van der Waals surface area contributed by atoms with Crippen LogP contribution < -0.4 is 10.1 Å². The third-order valence-corrected chi connectivity index (χ3v) is 4.23. The maximum atomic E-state index is 12.2. The van der Waals surface area contributed by atoms with Crippen molar-refractivity contribution in [2.24, 2.45) is 0 Å². The van der Waals surface area contributed by atoms with Crippen LogP contribution in [0.15, 0.2) is 53.0 Å². The second kappa shape index (κ2) is 9.30. The van der Waals surface area contributed by atoms with Crippen molar-refractivity contribution in [2.75, 3.05) is 19.0 Å².